The zero-order chi connectivity index (χ0) is 18.6. The van der Waals surface area contributed by atoms with E-state index >= 15 is 0 Å². The summed E-state index contributed by atoms with van der Waals surface area (Å²) >= 11 is 1.17. The first-order valence-corrected chi connectivity index (χ1v) is 8.71. The maximum Gasteiger partial charge on any atom is 0.348 e. The van der Waals surface area contributed by atoms with E-state index in [9.17, 15) is 14.4 Å². The number of hydrogen-bond donors (Lipinski definition) is 2. The maximum absolute atomic E-state index is 12.2. The van der Waals surface area contributed by atoms with Gasteiger partial charge in [0.2, 0.25) is 5.91 Å². The number of carbonyl (C=O) groups excluding carboxylic acids is 1. The molecule has 0 unspecified atom stereocenters. The molecular formula is C16H21N5O3S. The standard InChI is InChI=1S/C16H21N5O3S/c1-9-7-11(3)21(16(24)19-9)6-5-17-14(23)12(4)25-15-18-10(2)8-13(22)20-15/h7-8,12H,5-6H2,1-4H3,(H,17,23)(H,18,20,22)/t12-/m1/s1. The number of nitrogens with one attached hydrogen (secondary N) is 2. The van der Waals surface area contributed by atoms with Gasteiger partial charge in [0.25, 0.3) is 5.56 Å². The number of aryl methyl sites for hydroxylation is 3. The highest BCUT2D eigenvalue weighted by Crippen LogP contribution is 2.18. The number of thioether (sulfide) groups is 1. The van der Waals surface area contributed by atoms with E-state index in [0.717, 1.165) is 5.69 Å². The summed E-state index contributed by atoms with van der Waals surface area (Å²) in [5.74, 6) is -0.195. The monoisotopic (exact) mass is 363 g/mol. The molecule has 0 saturated heterocycles. The Balaban J connectivity index is 1.92. The van der Waals surface area contributed by atoms with E-state index in [1.165, 1.54) is 22.4 Å². The molecule has 134 valence electrons. The first kappa shape index (κ1) is 18.9. The molecule has 2 rings (SSSR count). The van der Waals surface area contributed by atoms with E-state index in [2.05, 4.69) is 20.3 Å². The molecule has 25 heavy (non-hydrogen) atoms. The summed E-state index contributed by atoms with van der Waals surface area (Å²) in [4.78, 5) is 46.2. The lowest BCUT2D eigenvalue weighted by Crippen LogP contribution is -2.36. The van der Waals surface area contributed by atoms with E-state index in [1.807, 2.05) is 13.0 Å². The van der Waals surface area contributed by atoms with Crippen LogP contribution in [0.1, 0.15) is 24.0 Å². The van der Waals surface area contributed by atoms with Crippen molar-refractivity contribution >= 4 is 17.7 Å². The predicted octanol–water partition coefficient (Wildman–Crippen LogP) is 0.549. The zero-order valence-electron chi connectivity index (χ0n) is 14.6. The van der Waals surface area contributed by atoms with Crippen LogP contribution in [0.25, 0.3) is 0 Å². The molecule has 0 aliphatic heterocycles. The van der Waals surface area contributed by atoms with Gasteiger partial charge in [-0.25, -0.2) is 9.78 Å². The fourth-order valence-electron chi connectivity index (χ4n) is 2.31. The Kier molecular flexibility index (Phi) is 6.13. The number of aromatic amines is 1. The highest BCUT2D eigenvalue weighted by molar-refractivity contribution is 8.00. The van der Waals surface area contributed by atoms with Gasteiger partial charge >= 0.3 is 5.69 Å². The number of hydrogen-bond acceptors (Lipinski definition) is 6. The minimum atomic E-state index is -0.432. The van der Waals surface area contributed by atoms with Gasteiger partial charge in [0.15, 0.2) is 5.16 Å². The fraction of sp³-hybridized carbons (Fsp3) is 0.438. The normalized spacial score (nSPS) is 12.0. The predicted molar refractivity (Wildman–Crippen MR) is 95.9 cm³/mol. The van der Waals surface area contributed by atoms with E-state index in [-0.39, 0.29) is 17.2 Å². The molecule has 1 atom stereocenters. The average molecular weight is 363 g/mol. The fourth-order valence-corrected chi connectivity index (χ4v) is 3.19. The van der Waals surface area contributed by atoms with Crippen LogP contribution in [0.5, 0.6) is 0 Å². The molecule has 1 amide bonds. The molecule has 2 heterocycles. The van der Waals surface area contributed by atoms with Gasteiger partial charge in [-0.15, -0.1) is 0 Å². The van der Waals surface area contributed by atoms with Crippen molar-refractivity contribution < 1.29 is 4.79 Å². The molecule has 0 aliphatic rings. The third-order valence-electron chi connectivity index (χ3n) is 3.49. The Bertz CT molecular complexity index is 890. The van der Waals surface area contributed by atoms with Crippen molar-refractivity contribution in [3.63, 3.8) is 0 Å². The number of amides is 1. The molecule has 0 bridgehead atoms. The van der Waals surface area contributed by atoms with Gasteiger partial charge in [0, 0.05) is 36.2 Å². The highest BCUT2D eigenvalue weighted by Gasteiger charge is 2.15. The van der Waals surface area contributed by atoms with Crippen molar-refractivity contribution in [1.29, 1.82) is 0 Å². The average Bonchev–Trinajstić information content (AvgIpc) is 2.48. The molecule has 8 nitrogen and oxygen atoms in total. The van der Waals surface area contributed by atoms with Gasteiger partial charge in [-0.3, -0.25) is 14.2 Å². The van der Waals surface area contributed by atoms with Crippen LogP contribution in [-0.4, -0.2) is 37.2 Å². The van der Waals surface area contributed by atoms with Crippen molar-refractivity contribution in [3.8, 4) is 0 Å². The molecule has 0 aromatic carbocycles. The molecular weight excluding hydrogens is 342 g/mol. The second-order valence-electron chi connectivity index (χ2n) is 5.72. The lowest BCUT2D eigenvalue weighted by Gasteiger charge is -2.13. The Labute approximate surface area is 149 Å². The second-order valence-corrected chi connectivity index (χ2v) is 7.05. The number of aromatic nitrogens is 4. The summed E-state index contributed by atoms with van der Waals surface area (Å²) in [6, 6.07) is 3.21. The van der Waals surface area contributed by atoms with Crippen molar-refractivity contribution in [2.45, 2.75) is 44.6 Å². The van der Waals surface area contributed by atoms with Gasteiger partial charge in [0.05, 0.1) is 5.25 Å². The first-order valence-electron chi connectivity index (χ1n) is 7.83. The van der Waals surface area contributed by atoms with E-state index in [1.54, 1.807) is 20.8 Å². The summed E-state index contributed by atoms with van der Waals surface area (Å²) in [7, 11) is 0. The van der Waals surface area contributed by atoms with Gasteiger partial charge < -0.3 is 10.3 Å². The summed E-state index contributed by atoms with van der Waals surface area (Å²) in [6.07, 6.45) is 0. The van der Waals surface area contributed by atoms with Gasteiger partial charge in [-0.2, -0.15) is 4.98 Å². The van der Waals surface area contributed by atoms with Crippen molar-refractivity contribution in [2.24, 2.45) is 0 Å². The topological polar surface area (TPSA) is 110 Å². The van der Waals surface area contributed by atoms with Crippen LogP contribution < -0.4 is 16.6 Å². The third-order valence-corrected chi connectivity index (χ3v) is 4.47. The van der Waals surface area contributed by atoms with E-state index in [0.29, 0.717) is 29.6 Å². The summed E-state index contributed by atoms with van der Waals surface area (Å²) in [6.45, 7) is 7.71. The number of rotatable bonds is 6. The van der Waals surface area contributed by atoms with Gasteiger partial charge in [-0.05, 0) is 33.8 Å². The summed E-state index contributed by atoms with van der Waals surface area (Å²) in [5, 5.41) is 2.76. The minimum Gasteiger partial charge on any atom is -0.353 e. The zero-order valence-corrected chi connectivity index (χ0v) is 15.4. The second kappa shape index (κ2) is 8.11. The SMILES string of the molecule is Cc1cc(=O)[nH]c(S[C@H](C)C(=O)NCCn2c(C)cc(C)nc2=O)n1. The van der Waals surface area contributed by atoms with Crippen LogP contribution in [0.3, 0.4) is 0 Å². The van der Waals surface area contributed by atoms with Crippen molar-refractivity contribution in [3.05, 3.63) is 50.1 Å². The summed E-state index contributed by atoms with van der Waals surface area (Å²) in [5.41, 5.74) is 1.50. The Morgan fingerprint density at radius 3 is 2.56 bits per heavy atom. The maximum atomic E-state index is 12.2. The largest absolute Gasteiger partial charge is 0.353 e. The van der Waals surface area contributed by atoms with E-state index in [4.69, 9.17) is 0 Å². The Morgan fingerprint density at radius 2 is 1.92 bits per heavy atom. The van der Waals surface area contributed by atoms with E-state index < -0.39 is 5.25 Å². The van der Waals surface area contributed by atoms with Gasteiger partial charge in [0.1, 0.15) is 0 Å². The van der Waals surface area contributed by atoms with Crippen LogP contribution in [0.4, 0.5) is 0 Å². The Morgan fingerprint density at radius 1 is 1.24 bits per heavy atom. The molecule has 2 aromatic rings. The molecule has 0 spiro atoms. The Hall–Kier alpha value is -2.42. The lowest BCUT2D eigenvalue weighted by molar-refractivity contribution is -0.120. The lowest BCUT2D eigenvalue weighted by atomic mass is 10.3. The number of nitrogens with zero attached hydrogens (tertiary/aromatic N) is 3. The smallest absolute Gasteiger partial charge is 0.348 e. The van der Waals surface area contributed by atoms with Crippen LogP contribution >= 0.6 is 11.8 Å². The van der Waals surface area contributed by atoms with Crippen molar-refractivity contribution in [2.75, 3.05) is 6.54 Å². The van der Waals surface area contributed by atoms with Crippen molar-refractivity contribution in [1.82, 2.24) is 24.8 Å². The number of H-pyrrole nitrogens is 1. The highest BCUT2D eigenvalue weighted by atomic mass is 32.2. The van der Waals surface area contributed by atoms with Crippen LogP contribution in [0.2, 0.25) is 0 Å². The molecule has 9 heteroatoms. The van der Waals surface area contributed by atoms with Crippen LogP contribution in [0.15, 0.2) is 26.9 Å². The molecule has 0 aliphatic carbocycles. The molecule has 0 radical (unpaired) electrons. The minimum absolute atomic E-state index is 0.195. The first-order chi connectivity index (χ1) is 11.8. The van der Waals surface area contributed by atoms with Gasteiger partial charge in [-0.1, -0.05) is 11.8 Å². The quantitative estimate of drug-likeness (QED) is 0.573. The molecule has 2 aromatic heterocycles. The summed E-state index contributed by atoms with van der Waals surface area (Å²) < 4.78 is 1.52. The third kappa shape index (κ3) is 5.28. The van der Waals surface area contributed by atoms with Crippen LogP contribution in [0, 0.1) is 20.8 Å². The van der Waals surface area contributed by atoms with Crippen LogP contribution in [-0.2, 0) is 11.3 Å². The molecule has 0 saturated carbocycles. The molecule has 2 N–H and O–H groups in total. The molecule has 0 fully saturated rings. The number of carbonyl (C=O) groups is 1.